The number of carbonyl (C=O) groups is 1. The number of nitrogens with one attached hydrogen (secondary N) is 1. The first kappa shape index (κ1) is 24.0. The number of carbonyl (C=O) groups excluding carboxylic acids is 1. The minimum atomic E-state index is -0.529. The van der Waals surface area contributed by atoms with Crippen LogP contribution in [-0.4, -0.2) is 66.6 Å². The maximum absolute atomic E-state index is 12.5. The van der Waals surface area contributed by atoms with Gasteiger partial charge in [0, 0.05) is 30.7 Å². The van der Waals surface area contributed by atoms with Gasteiger partial charge in [0.15, 0.2) is 0 Å². The van der Waals surface area contributed by atoms with Crippen LogP contribution in [0, 0.1) is 5.92 Å². The Hall–Kier alpha value is -1.18. The zero-order valence-corrected chi connectivity index (χ0v) is 19.6. The fraction of sp³-hybridized carbons (Fsp3) is 0.720. The highest BCUT2D eigenvalue weighted by molar-refractivity contribution is 6.30. The van der Waals surface area contributed by atoms with Crippen molar-refractivity contribution in [3.8, 4) is 0 Å². The molecule has 1 amide bonds. The summed E-state index contributed by atoms with van der Waals surface area (Å²) in [5.74, 6) is 0.729. The molecule has 32 heavy (non-hydrogen) atoms. The Morgan fingerprint density at radius 1 is 1.16 bits per heavy atom. The van der Waals surface area contributed by atoms with Gasteiger partial charge in [0.25, 0.3) is 0 Å². The van der Waals surface area contributed by atoms with Crippen LogP contribution in [0.2, 0.25) is 5.02 Å². The van der Waals surface area contributed by atoms with E-state index in [0.717, 1.165) is 24.9 Å². The van der Waals surface area contributed by atoms with Crippen LogP contribution in [0.15, 0.2) is 24.3 Å². The van der Waals surface area contributed by atoms with E-state index in [4.69, 9.17) is 21.1 Å². The molecule has 0 radical (unpaired) electrons. The summed E-state index contributed by atoms with van der Waals surface area (Å²) >= 11 is 6.18. The molecule has 1 aromatic rings. The summed E-state index contributed by atoms with van der Waals surface area (Å²) in [5, 5.41) is 14.2. The number of fused-ring (bicyclic) bond motifs is 1. The third-order valence-electron chi connectivity index (χ3n) is 7.09. The van der Waals surface area contributed by atoms with Gasteiger partial charge in [-0.25, -0.2) is 0 Å². The first-order valence-electron chi connectivity index (χ1n) is 12.2. The van der Waals surface area contributed by atoms with Crippen LogP contribution in [0.3, 0.4) is 0 Å². The Morgan fingerprint density at radius 3 is 2.81 bits per heavy atom. The second-order valence-corrected chi connectivity index (χ2v) is 10.1. The van der Waals surface area contributed by atoms with Gasteiger partial charge < -0.3 is 19.9 Å². The van der Waals surface area contributed by atoms with Crippen LogP contribution in [0.25, 0.3) is 0 Å². The number of rotatable bonds is 6. The largest absolute Gasteiger partial charge is 0.389 e. The highest BCUT2D eigenvalue weighted by Gasteiger charge is 2.38. The third-order valence-corrected chi connectivity index (χ3v) is 7.32. The summed E-state index contributed by atoms with van der Waals surface area (Å²) in [6.07, 6.45) is 7.82. The zero-order valence-electron chi connectivity index (χ0n) is 18.9. The molecule has 1 aromatic carbocycles. The Bertz CT molecular complexity index is 742. The van der Waals surface area contributed by atoms with E-state index in [1.165, 1.54) is 32.1 Å². The molecule has 0 aromatic heterocycles. The molecule has 4 atom stereocenters. The van der Waals surface area contributed by atoms with Crippen molar-refractivity contribution in [3.63, 3.8) is 0 Å². The Labute approximate surface area is 196 Å². The van der Waals surface area contributed by atoms with Gasteiger partial charge in [-0.1, -0.05) is 43.0 Å². The molecule has 6 nitrogen and oxygen atoms in total. The topological polar surface area (TPSA) is 71.0 Å². The predicted octanol–water partition coefficient (Wildman–Crippen LogP) is 3.54. The number of amides is 1. The van der Waals surface area contributed by atoms with E-state index in [1.54, 1.807) is 0 Å². The van der Waals surface area contributed by atoms with Crippen molar-refractivity contribution in [2.24, 2.45) is 5.92 Å². The second-order valence-electron chi connectivity index (χ2n) is 9.70. The van der Waals surface area contributed by atoms with E-state index in [2.05, 4.69) is 16.3 Å². The van der Waals surface area contributed by atoms with Gasteiger partial charge >= 0.3 is 0 Å². The van der Waals surface area contributed by atoms with Gasteiger partial charge in [-0.15, -0.1) is 0 Å². The molecule has 3 aliphatic rings. The normalized spacial score (nSPS) is 30.2. The maximum atomic E-state index is 12.5. The van der Waals surface area contributed by atoms with Crippen LogP contribution in [0.5, 0.6) is 0 Å². The number of ether oxygens (including phenoxy) is 2. The molecule has 0 spiro atoms. The van der Waals surface area contributed by atoms with E-state index >= 15 is 0 Å². The summed E-state index contributed by atoms with van der Waals surface area (Å²) in [5.41, 5.74) is 1.12. The van der Waals surface area contributed by atoms with Crippen molar-refractivity contribution in [2.75, 3.05) is 26.3 Å². The van der Waals surface area contributed by atoms with Crippen molar-refractivity contribution >= 4 is 17.5 Å². The lowest BCUT2D eigenvalue weighted by molar-refractivity contribution is -0.158. The molecule has 7 heteroatoms. The summed E-state index contributed by atoms with van der Waals surface area (Å²) in [6, 6.07) is 8.01. The molecular formula is C25H37ClN2O4. The summed E-state index contributed by atoms with van der Waals surface area (Å²) in [4.78, 5) is 14.8. The monoisotopic (exact) mass is 464 g/mol. The Morgan fingerprint density at radius 2 is 2.00 bits per heavy atom. The Balaban J connectivity index is 1.32. The smallest absolute Gasteiger partial charge is 0.222 e. The van der Waals surface area contributed by atoms with Crippen molar-refractivity contribution in [1.29, 1.82) is 0 Å². The van der Waals surface area contributed by atoms with Crippen molar-refractivity contribution in [1.82, 2.24) is 10.2 Å². The molecule has 2 heterocycles. The first-order chi connectivity index (χ1) is 15.6. The first-order valence-corrected chi connectivity index (χ1v) is 12.6. The lowest BCUT2D eigenvalue weighted by Gasteiger charge is -2.44. The quantitative estimate of drug-likeness (QED) is 0.673. The average Bonchev–Trinajstić information content (AvgIpc) is 2.77. The molecule has 1 saturated carbocycles. The summed E-state index contributed by atoms with van der Waals surface area (Å²) in [6.45, 7) is 2.77. The molecule has 2 N–H and O–H groups in total. The zero-order chi connectivity index (χ0) is 22.3. The third kappa shape index (κ3) is 6.91. The standard InChI is InChI=1S/C25H37ClN2O4/c26-20-8-4-7-19(11-20)14-28-15-21(29)16-31-17-24-23(28)10-9-22(32-24)12-25(30)27-13-18-5-2-1-3-6-18/h4,7-8,11,18,21-24,29H,1-3,5-6,9-10,12-17H2,(H,27,30)/t21-,22-,23+,24-/m0/s1. The van der Waals surface area contributed by atoms with Crippen molar-refractivity contribution < 1.29 is 19.4 Å². The van der Waals surface area contributed by atoms with Gasteiger partial charge in [-0.3, -0.25) is 9.69 Å². The molecule has 3 fully saturated rings. The van der Waals surface area contributed by atoms with E-state index < -0.39 is 6.10 Å². The molecule has 2 saturated heterocycles. The van der Waals surface area contributed by atoms with E-state index in [-0.39, 0.29) is 24.2 Å². The van der Waals surface area contributed by atoms with Gasteiger partial charge in [0.05, 0.1) is 37.9 Å². The fourth-order valence-electron chi connectivity index (χ4n) is 5.43. The molecule has 4 rings (SSSR count). The van der Waals surface area contributed by atoms with Crippen LogP contribution in [0.1, 0.15) is 56.9 Å². The van der Waals surface area contributed by atoms with Crippen molar-refractivity contribution in [2.45, 2.75) is 82.3 Å². The Kier molecular flexibility index (Phi) is 8.83. The lowest BCUT2D eigenvalue weighted by atomic mass is 9.89. The molecule has 0 unspecified atom stereocenters. The predicted molar refractivity (Wildman–Crippen MR) is 125 cm³/mol. The highest BCUT2D eigenvalue weighted by atomic mass is 35.5. The van der Waals surface area contributed by atoms with Gasteiger partial charge in [-0.2, -0.15) is 0 Å². The lowest BCUT2D eigenvalue weighted by Crippen LogP contribution is -2.55. The number of hydrogen-bond acceptors (Lipinski definition) is 5. The average molecular weight is 465 g/mol. The molecular weight excluding hydrogens is 428 g/mol. The van der Waals surface area contributed by atoms with Crippen LogP contribution in [-0.2, 0) is 20.8 Å². The van der Waals surface area contributed by atoms with Gasteiger partial charge in [0.2, 0.25) is 5.91 Å². The van der Waals surface area contributed by atoms with E-state index in [9.17, 15) is 9.90 Å². The number of benzene rings is 1. The number of halogens is 1. The number of aliphatic hydroxyl groups excluding tert-OH is 1. The minimum absolute atomic E-state index is 0.0800. The van der Waals surface area contributed by atoms with Gasteiger partial charge in [0.1, 0.15) is 0 Å². The fourth-order valence-corrected chi connectivity index (χ4v) is 5.64. The second kappa shape index (κ2) is 11.8. The number of β-amino-alcohol motifs (C(OH)–C–C–N with tert-alkyl or cyclic N) is 1. The van der Waals surface area contributed by atoms with Gasteiger partial charge in [-0.05, 0) is 49.3 Å². The van der Waals surface area contributed by atoms with E-state index in [1.807, 2.05) is 18.2 Å². The summed E-state index contributed by atoms with van der Waals surface area (Å²) < 4.78 is 12.1. The molecule has 1 aliphatic carbocycles. The molecule has 2 aliphatic heterocycles. The van der Waals surface area contributed by atoms with Crippen LogP contribution in [0.4, 0.5) is 0 Å². The molecule has 178 valence electrons. The highest BCUT2D eigenvalue weighted by Crippen LogP contribution is 2.29. The minimum Gasteiger partial charge on any atom is -0.389 e. The van der Waals surface area contributed by atoms with Crippen LogP contribution < -0.4 is 5.32 Å². The summed E-state index contributed by atoms with van der Waals surface area (Å²) in [7, 11) is 0. The maximum Gasteiger partial charge on any atom is 0.222 e. The SMILES string of the molecule is O=C(C[C@@H]1CC[C@@H]2[C@H](COC[C@@H](O)CN2Cc2cccc(Cl)c2)O1)NCC1CCCCC1. The van der Waals surface area contributed by atoms with Crippen LogP contribution >= 0.6 is 11.6 Å². The van der Waals surface area contributed by atoms with Crippen molar-refractivity contribution in [3.05, 3.63) is 34.9 Å². The number of hydrogen-bond donors (Lipinski definition) is 2. The van der Waals surface area contributed by atoms with E-state index in [0.29, 0.717) is 43.7 Å². The number of nitrogens with zero attached hydrogens (tertiary/aromatic N) is 1. The molecule has 0 bridgehead atoms. The number of aliphatic hydroxyl groups is 1.